The number of H-pyrrole nitrogens is 1. The van der Waals surface area contributed by atoms with Crippen LogP contribution in [0.3, 0.4) is 0 Å². The summed E-state index contributed by atoms with van der Waals surface area (Å²) in [5.74, 6) is 0.656. The summed E-state index contributed by atoms with van der Waals surface area (Å²) >= 11 is 0. The van der Waals surface area contributed by atoms with Crippen LogP contribution in [0.1, 0.15) is 13.8 Å². The number of carbonyl (C=O) groups is 2. The first kappa shape index (κ1) is 19.6. The van der Waals surface area contributed by atoms with Crippen LogP contribution >= 0.6 is 0 Å². The lowest BCUT2D eigenvalue weighted by atomic mass is 10.0. The molecule has 0 spiro atoms. The quantitative estimate of drug-likeness (QED) is 0.439. The Bertz CT molecular complexity index is 1140. The average Bonchev–Trinajstić information content (AvgIpc) is 3.17. The van der Waals surface area contributed by atoms with Gasteiger partial charge in [-0.15, -0.1) is 0 Å². The molecule has 4 rings (SSSR count). The van der Waals surface area contributed by atoms with Crippen molar-refractivity contribution in [3.8, 4) is 16.9 Å². The standard InChI is InChI=1S/C21H24N6O3/c1-21(2)19(28)27(20(29)26(21)3)10-11-30-15-9-8-14(12-4-6-13(22)7-5-12)16-17(15)24-25-18(16)23/h4-9H,10-11,22H2,1-3H3,(H3,23,24,25). The number of ether oxygens (including phenoxy) is 1. The highest BCUT2D eigenvalue weighted by atomic mass is 16.5. The van der Waals surface area contributed by atoms with Crippen molar-refractivity contribution in [1.29, 1.82) is 0 Å². The van der Waals surface area contributed by atoms with Crippen molar-refractivity contribution < 1.29 is 14.3 Å². The van der Waals surface area contributed by atoms with E-state index in [1.165, 1.54) is 9.80 Å². The topological polar surface area (TPSA) is 131 Å². The van der Waals surface area contributed by atoms with Crippen molar-refractivity contribution in [3.63, 3.8) is 0 Å². The van der Waals surface area contributed by atoms with Gasteiger partial charge in [0.25, 0.3) is 5.91 Å². The first-order valence-corrected chi connectivity index (χ1v) is 9.57. The number of hydrogen-bond donors (Lipinski definition) is 3. The molecule has 2 aromatic carbocycles. The highest BCUT2D eigenvalue weighted by molar-refractivity contribution is 6.06. The maximum absolute atomic E-state index is 12.5. The molecule has 1 aliphatic rings. The van der Waals surface area contributed by atoms with E-state index in [-0.39, 0.29) is 25.1 Å². The number of benzene rings is 2. The molecule has 1 fully saturated rings. The number of urea groups is 1. The minimum absolute atomic E-state index is 0.149. The van der Waals surface area contributed by atoms with Crippen molar-refractivity contribution in [3.05, 3.63) is 36.4 Å². The maximum atomic E-state index is 12.5. The number of nitrogen functional groups attached to an aromatic ring is 2. The number of carbonyl (C=O) groups excluding carboxylic acids is 2. The highest BCUT2D eigenvalue weighted by Gasteiger charge is 2.48. The molecule has 0 unspecified atom stereocenters. The molecule has 9 heteroatoms. The SMILES string of the molecule is CN1C(=O)N(CCOc2ccc(-c3ccc(N)cc3)c3c(N)n[nH]c23)C(=O)C1(C)C. The molecule has 0 aliphatic carbocycles. The normalized spacial score (nSPS) is 16.0. The highest BCUT2D eigenvalue weighted by Crippen LogP contribution is 2.36. The Hall–Kier alpha value is -3.75. The van der Waals surface area contributed by atoms with Crippen molar-refractivity contribution in [1.82, 2.24) is 20.0 Å². The molecule has 1 saturated heterocycles. The number of fused-ring (bicyclic) bond motifs is 1. The minimum Gasteiger partial charge on any atom is -0.489 e. The second kappa shape index (κ2) is 6.94. The molecule has 9 nitrogen and oxygen atoms in total. The predicted octanol–water partition coefficient (Wildman–Crippen LogP) is 2.45. The summed E-state index contributed by atoms with van der Waals surface area (Å²) in [7, 11) is 1.62. The number of rotatable bonds is 5. The number of imide groups is 1. The molecule has 0 atom stereocenters. The summed E-state index contributed by atoms with van der Waals surface area (Å²) < 4.78 is 5.89. The third-order valence-corrected chi connectivity index (χ3v) is 5.63. The Balaban J connectivity index is 1.56. The molecule has 0 saturated carbocycles. The van der Waals surface area contributed by atoms with E-state index in [1.54, 1.807) is 20.9 Å². The third-order valence-electron chi connectivity index (χ3n) is 5.63. The molecule has 30 heavy (non-hydrogen) atoms. The van der Waals surface area contributed by atoms with Crippen LogP contribution in [0.15, 0.2) is 36.4 Å². The van der Waals surface area contributed by atoms with Gasteiger partial charge >= 0.3 is 6.03 Å². The summed E-state index contributed by atoms with van der Waals surface area (Å²) in [5.41, 5.74) is 14.2. The van der Waals surface area contributed by atoms with Gasteiger partial charge in [-0.3, -0.25) is 14.8 Å². The van der Waals surface area contributed by atoms with E-state index in [0.29, 0.717) is 22.8 Å². The summed E-state index contributed by atoms with van der Waals surface area (Å²) in [4.78, 5) is 27.5. The van der Waals surface area contributed by atoms with Crippen molar-refractivity contribution >= 4 is 34.3 Å². The Morgan fingerprint density at radius 1 is 1.10 bits per heavy atom. The average molecular weight is 408 g/mol. The zero-order valence-electron chi connectivity index (χ0n) is 17.1. The largest absolute Gasteiger partial charge is 0.489 e. The van der Waals surface area contributed by atoms with Gasteiger partial charge in [0.15, 0.2) is 5.82 Å². The predicted molar refractivity (Wildman–Crippen MR) is 115 cm³/mol. The number of nitrogens with one attached hydrogen (secondary N) is 1. The summed E-state index contributed by atoms with van der Waals surface area (Å²) in [6, 6.07) is 10.9. The molecule has 3 amide bonds. The van der Waals surface area contributed by atoms with E-state index in [4.69, 9.17) is 16.2 Å². The lowest BCUT2D eigenvalue weighted by molar-refractivity contribution is -0.131. The number of nitrogens with zero attached hydrogens (tertiary/aromatic N) is 3. The Labute approximate surface area is 173 Å². The first-order valence-electron chi connectivity index (χ1n) is 9.57. The summed E-state index contributed by atoms with van der Waals surface area (Å²) in [6.45, 7) is 3.74. The van der Waals surface area contributed by atoms with Crippen LogP contribution in [0.25, 0.3) is 22.0 Å². The monoisotopic (exact) mass is 408 g/mol. The van der Waals surface area contributed by atoms with Crippen LogP contribution in [0.2, 0.25) is 0 Å². The second-order valence-electron chi connectivity index (χ2n) is 7.80. The summed E-state index contributed by atoms with van der Waals surface area (Å²) in [6.07, 6.45) is 0. The minimum atomic E-state index is -0.858. The number of nitrogens with two attached hydrogens (primary N) is 2. The van der Waals surface area contributed by atoms with Gasteiger partial charge in [0, 0.05) is 12.7 Å². The van der Waals surface area contributed by atoms with Crippen LogP contribution < -0.4 is 16.2 Å². The van der Waals surface area contributed by atoms with Crippen LogP contribution in [-0.4, -0.2) is 57.7 Å². The van der Waals surface area contributed by atoms with Crippen LogP contribution in [-0.2, 0) is 4.79 Å². The van der Waals surface area contributed by atoms with Gasteiger partial charge in [-0.05, 0) is 49.2 Å². The molecular formula is C21H24N6O3. The van der Waals surface area contributed by atoms with Crippen molar-refractivity contribution in [2.75, 3.05) is 31.7 Å². The van der Waals surface area contributed by atoms with Gasteiger partial charge in [-0.1, -0.05) is 12.1 Å². The molecule has 156 valence electrons. The van der Waals surface area contributed by atoms with Gasteiger partial charge in [0.1, 0.15) is 23.4 Å². The van der Waals surface area contributed by atoms with E-state index in [0.717, 1.165) is 16.5 Å². The zero-order chi connectivity index (χ0) is 21.6. The number of amides is 3. The van der Waals surface area contributed by atoms with E-state index >= 15 is 0 Å². The fourth-order valence-corrected chi connectivity index (χ4v) is 3.58. The van der Waals surface area contributed by atoms with Crippen molar-refractivity contribution in [2.24, 2.45) is 0 Å². The van der Waals surface area contributed by atoms with Crippen LogP contribution in [0, 0.1) is 0 Å². The molecule has 1 aliphatic heterocycles. The Morgan fingerprint density at radius 2 is 1.80 bits per heavy atom. The Kier molecular flexibility index (Phi) is 4.53. The number of anilines is 2. The molecule has 0 radical (unpaired) electrons. The molecule has 5 N–H and O–H groups in total. The van der Waals surface area contributed by atoms with Gasteiger partial charge in [-0.25, -0.2) is 4.79 Å². The molecule has 3 aromatic rings. The maximum Gasteiger partial charge on any atom is 0.327 e. The molecular weight excluding hydrogens is 384 g/mol. The van der Waals surface area contributed by atoms with E-state index < -0.39 is 5.54 Å². The van der Waals surface area contributed by atoms with Gasteiger partial charge in [0.2, 0.25) is 0 Å². The molecule has 1 aromatic heterocycles. The van der Waals surface area contributed by atoms with E-state index in [9.17, 15) is 9.59 Å². The number of aromatic nitrogens is 2. The van der Waals surface area contributed by atoms with Crippen molar-refractivity contribution in [2.45, 2.75) is 19.4 Å². The summed E-state index contributed by atoms with van der Waals surface area (Å²) in [5, 5.41) is 7.78. The molecule has 0 bridgehead atoms. The van der Waals surface area contributed by atoms with Gasteiger partial charge < -0.3 is 21.1 Å². The van der Waals surface area contributed by atoms with Crippen LogP contribution in [0.5, 0.6) is 5.75 Å². The second-order valence-corrected chi connectivity index (χ2v) is 7.80. The number of aromatic amines is 1. The number of hydrogen-bond acceptors (Lipinski definition) is 6. The third kappa shape index (κ3) is 2.99. The lowest BCUT2D eigenvalue weighted by Crippen LogP contribution is -2.41. The lowest BCUT2D eigenvalue weighted by Gasteiger charge is -2.22. The van der Waals surface area contributed by atoms with Gasteiger partial charge in [-0.2, -0.15) is 5.10 Å². The smallest absolute Gasteiger partial charge is 0.327 e. The van der Waals surface area contributed by atoms with E-state index in [1.807, 2.05) is 36.4 Å². The fourth-order valence-electron chi connectivity index (χ4n) is 3.58. The first-order chi connectivity index (χ1) is 14.2. The van der Waals surface area contributed by atoms with Crippen LogP contribution in [0.4, 0.5) is 16.3 Å². The van der Waals surface area contributed by atoms with E-state index in [2.05, 4.69) is 10.2 Å². The zero-order valence-corrected chi connectivity index (χ0v) is 17.1. The fraction of sp³-hybridized carbons (Fsp3) is 0.286. The number of likely N-dealkylation sites (N-methyl/N-ethyl adjacent to an activating group) is 1. The molecule has 2 heterocycles. The Morgan fingerprint density at radius 3 is 2.43 bits per heavy atom. The van der Waals surface area contributed by atoms with Gasteiger partial charge in [0.05, 0.1) is 11.9 Å².